The van der Waals surface area contributed by atoms with Crippen LogP contribution in [-0.2, 0) is 11.3 Å². The molecule has 1 aromatic heterocycles. The van der Waals surface area contributed by atoms with E-state index in [-0.39, 0.29) is 18.2 Å². The van der Waals surface area contributed by atoms with E-state index >= 15 is 0 Å². The van der Waals surface area contributed by atoms with E-state index < -0.39 is 0 Å². The van der Waals surface area contributed by atoms with Gasteiger partial charge in [-0.3, -0.25) is 9.69 Å². The van der Waals surface area contributed by atoms with Gasteiger partial charge in [-0.25, -0.2) is 0 Å². The molecule has 2 heterocycles. The average molecular weight is 587 g/mol. The molecule has 6 nitrogen and oxygen atoms in total. The quantitative estimate of drug-likeness (QED) is 0.198. The minimum Gasteiger partial charge on any atom is -0.506 e. The molecule has 0 saturated carbocycles. The molecule has 2 aromatic carbocycles. The number of halogens is 2. The predicted octanol–water partition coefficient (Wildman–Crippen LogP) is 6.68. The number of amides is 1. The number of allylic oxidation sites excluding steroid dienone is 1. The molecule has 0 unspecified atom stereocenters. The van der Waals surface area contributed by atoms with Gasteiger partial charge in [0.1, 0.15) is 11.5 Å². The third-order valence-electron chi connectivity index (χ3n) is 4.51. The summed E-state index contributed by atoms with van der Waals surface area (Å²) in [5, 5.41) is 19.2. The second kappa shape index (κ2) is 10.8. The number of nitrogens with zero attached hydrogens (tertiary/aromatic N) is 3. The molecule has 1 amide bonds. The number of aromatic hydroxyl groups is 1. The maximum absolute atomic E-state index is 13.1. The summed E-state index contributed by atoms with van der Waals surface area (Å²) in [5.74, 6) is 0.422. The van der Waals surface area contributed by atoms with Crippen molar-refractivity contribution in [1.82, 2.24) is 4.90 Å². The molecule has 1 fully saturated rings. The highest BCUT2D eigenvalue weighted by molar-refractivity contribution is 9.11. The lowest BCUT2D eigenvalue weighted by Gasteiger charge is -2.12. The minimum atomic E-state index is -0.249. The smallest absolute Gasteiger partial charge is 0.267 e. The molecular weight excluding hydrogens is 570 g/mol. The molecule has 33 heavy (non-hydrogen) atoms. The second-order valence-electron chi connectivity index (χ2n) is 6.82. The zero-order chi connectivity index (χ0) is 23.2. The fourth-order valence-electron chi connectivity index (χ4n) is 2.96. The average Bonchev–Trinajstić information content (AvgIpc) is 3.42. The van der Waals surface area contributed by atoms with Gasteiger partial charge in [0.2, 0.25) is 0 Å². The van der Waals surface area contributed by atoms with Gasteiger partial charge in [-0.1, -0.05) is 52.3 Å². The van der Waals surface area contributed by atoms with Crippen LogP contribution in [-0.4, -0.2) is 27.3 Å². The minimum absolute atomic E-state index is 0.0474. The van der Waals surface area contributed by atoms with Crippen LogP contribution in [0.15, 0.2) is 95.4 Å². The van der Waals surface area contributed by atoms with Crippen molar-refractivity contribution < 1.29 is 14.3 Å². The summed E-state index contributed by atoms with van der Waals surface area (Å²) in [4.78, 5) is 15.1. The summed E-state index contributed by atoms with van der Waals surface area (Å²) >= 11 is 7.91. The fourth-order valence-corrected chi connectivity index (χ4v) is 5.14. The van der Waals surface area contributed by atoms with Crippen LogP contribution in [0.25, 0.3) is 12.2 Å². The lowest BCUT2D eigenvalue weighted by molar-refractivity contribution is -0.122. The number of furan rings is 1. The zero-order valence-electron chi connectivity index (χ0n) is 17.1. The van der Waals surface area contributed by atoms with E-state index in [1.54, 1.807) is 48.9 Å². The molecule has 4 rings (SSSR count). The molecule has 0 radical (unpaired) electrons. The molecule has 1 saturated heterocycles. The van der Waals surface area contributed by atoms with E-state index in [0.29, 0.717) is 25.9 Å². The number of carbonyl (C=O) groups is 1. The molecule has 3 aromatic rings. The number of phenols is 1. The Morgan fingerprint density at radius 2 is 1.94 bits per heavy atom. The number of carbonyl (C=O) groups excluding carboxylic acids is 1. The molecule has 0 spiro atoms. The Balaban J connectivity index is 1.60. The van der Waals surface area contributed by atoms with Crippen LogP contribution in [0.2, 0.25) is 0 Å². The van der Waals surface area contributed by atoms with Crippen molar-refractivity contribution in [2.75, 3.05) is 0 Å². The third kappa shape index (κ3) is 5.93. The summed E-state index contributed by atoms with van der Waals surface area (Å²) in [7, 11) is 0. The molecular formula is C24H17Br2N3O3S. The number of hydrogen-bond donors (Lipinski definition) is 1. The first-order valence-electron chi connectivity index (χ1n) is 9.76. The van der Waals surface area contributed by atoms with Gasteiger partial charge in [0.15, 0.2) is 5.17 Å². The van der Waals surface area contributed by atoms with E-state index in [0.717, 1.165) is 10.0 Å². The van der Waals surface area contributed by atoms with Gasteiger partial charge in [-0.2, -0.15) is 5.10 Å². The van der Waals surface area contributed by atoms with Crippen molar-refractivity contribution in [3.05, 3.63) is 97.7 Å². The first kappa shape index (κ1) is 23.3. The predicted molar refractivity (Wildman–Crippen MR) is 140 cm³/mol. The van der Waals surface area contributed by atoms with Crippen molar-refractivity contribution in [3.63, 3.8) is 0 Å². The summed E-state index contributed by atoms with van der Waals surface area (Å²) in [6.07, 6.45) is 8.45. The monoisotopic (exact) mass is 585 g/mol. The Labute approximate surface area is 211 Å². The van der Waals surface area contributed by atoms with Crippen LogP contribution in [0, 0.1) is 0 Å². The topological polar surface area (TPSA) is 78.4 Å². The Hall–Kier alpha value is -2.88. The maximum Gasteiger partial charge on any atom is 0.267 e. The normalized spacial score (nSPS) is 16.8. The molecule has 0 bridgehead atoms. The lowest BCUT2D eigenvalue weighted by atomic mass is 10.2. The third-order valence-corrected chi connectivity index (χ3v) is 6.57. The molecule has 9 heteroatoms. The summed E-state index contributed by atoms with van der Waals surface area (Å²) in [6.45, 7) is 0.221. The van der Waals surface area contributed by atoms with Crippen molar-refractivity contribution >= 4 is 73.1 Å². The highest BCUT2D eigenvalue weighted by Crippen LogP contribution is 2.38. The highest BCUT2D eigenvalue weighted by Gasteiger charge is 2.34. The number of amidine groups is 1. The van der Waals surface area contributed by atoms with Crippen LogP contribution in [0.1, 0.15) is 16.9 Å². The van der Waals surface area contributed by atoms with E-state index in [1.807, 2.05) is 36.4 Å². The molecule has 166 valence electrons. The van der Waals surface area contributed by atoms with E-state index in [2.05, 4.69) is 42.1 Å². The van der Waals surface area contributed by atoms with Crippen LogP contribution in [0.5, 0.6) is 5.75 Å². The largest absolute Gasteiger partial charge is 0.506 e. The Kier molecular flexibility index (Phi) is 7.64. The molecule has 1 aliphatic rings. The van der Waals surface area contributed by atoms with Gasteiger partial charge in [0.05, 0.1) is 22.2 Å². The summed E-state index contributed by atoms with van der Waals surface area (Å²) < 4.78 is 6.70. The van der Waals surface area contributed by atoms with Gasteiger partial charge < -0.3 is 9.52 Å². The number of benzene rings is 2. The number of hydrogen-bond acceptors (Lipinski definition) is 6. The maximum atomic E-state index is 13.1. The number of thioether (sulfide) groups is 1. The van der Waals surface area contributed by atoms with Gasteiger partial charge >= 0.3 is 0 Å². The summed E-state index contributed by atoms with van der Waals surface area (Å²) in [6, 6.07) is 16.9. The van der Waals surface area contributed by atoms with Crippen molar-refractivity contribution in [1.29, 1.82) is 0 Å². The van der Waals surface area contributed by atoms with Crippen LogP contribution in [0.4, 0.5) is 0 Å². The SMILES string of the molecule is O=C1/C(=C/c2cc(Br)cc(Br)c2O)S\C(=N/N=C/C=C/c2ccccc2)N1Cc1ccco1. The highest BCUT2D eigenvalue weighted by atomic mass is 79.9. The van der Waals surface area contributed by atoms with Gasteiger partial charge in [-0.15, -0.1) is 5.10 Å². The zero-order valence-corrected chi connectivity index (χ0v) is 21.0. The van der Waals surface area contributed by atoms with E-state index in [9.17, 15) is 9.90 Å². The van der Waals surface area contributed by atoms with Crippen molar-refractivity contribution in [2.45, 2.75) is 6.54 Å². The van der Waals surface area contributed by atoms with Crippen LogP contribution >= 0.6 is 43.6 Å². The van der Waals surface area contributed by atoms with E-state index in [4.69, 9.17) is 4.42 Å². The van der Waals surface area contributed by atoms with Crippen molar-refractivity contribution in [3.8, 4) is 5.75 Å². The molecule has 1 aliphatic heterocycles. The van der Waals surface area contributed by atoms with Gasteiger partial charge in [0.25, 0.3) is 5.91 Å². The first-order valence-corrected chi connectivity index (χ1v) is 12.2. The number of phenolic OH excluding ortho intramolecular Hbond substituents is 1. The molecule has 0 atom stereocenters. The Bertz CT molecular complexity index is 1270. The Morgan fingerprint density at radius 1 is 1.12 bits per heavy atom. The van der Waals surface area contributed by atoms with Crippen LogP contribution < -0.4 is 0 Å². The summed E-state index contributed by atoms with van der Waals surface area (Å²) in [5.41, 5.74) is 1.55. The second-order valence-corrected chi connectivity index (χ2v) is 9.60. The first-order chi connectivity index (χ1) is 16.0. The standard InChI is InChI=1S/C24H17Br2N3O3S/c25-18-12-17(22(30)20(26)14-18)13-21-23(31)29(15-19-9-5-11-32-19)24(33-21)28-27-10-4-8-16-6-2-1-3-7-16/h1-14,30H,15H2/b8-4+,21-13-,27-10+,28-24-. The van der Waals surface area contributed by atoms with E-state index in [1.165, 1.54) is 16.7 Å². The van der Waals surface area contributed by atoms with Gasteiger partial charge in [0, 0.05) is 16.3 Å². The molecule has 0 aliphatic carbocycles. The molecule has 1 N–H and O–H groups in total. The lowest BCUT2D eigenvalue weighted by Crippen LogP contribution is -2.28. The van der Waals surface area contributed by atoms with Gasteiger partial charge in [-0.05, 0) is 69.7 Å². The fraction of sp³-hybridized carbons (Fsp3) is 0.0417. The van der Waals surface area contributed by atoms with Crippen LogP contribution in [0.3, 0.4) is 0 Å². The number of rotatable bonds is 6. The van der Waals surface area contributed by atoms with Crippen molar-refractivity contribution in [2.24, 2.45) is 10.2 Å². The Morgan fingerprint density at radius 3 is 2.70 bits per heavy atom.